The lowest BCUT2D eigenvalue weighted by Gasteiger charge is -2.40. The van der Waals surface area contributed by atoms with Gasteiger partial charge in [0.15, 0.2) is 0 Å². The molecule has 5 rings (SSSR count). The third kappa shape index (κ3) is 7.16. The zero-order valence-corrected chi connectivity index (χ0v) is 27.8. The number of hydrogen-bond donors (Lipinski definition) is 3. The molecular formula is C28H39F2N9O5S2. The summed E-state index contributed by atoms with van der Waals surface area (Å²) < 4.78 is 78.9. The first kappa shape index (κ1) is 34.8. The van der Waals surface area contributed by atoms with Crippen molar-refractivity contribution in [1.29, 1.82) is 0 Å². The summed E-state index contributed by atoms with van der Waals surface area (Å²) in [5, 5.41) is 2.88. The Kier molecular flexibility index (Phi) is 9.55. The van der Waals surface area contributed by atoms with E-state index in [1.54, 1.807) is 11.8 Å². The van der Waals surface area contributed by atoms with Crippen LogP contribution in [0, 0.1) is 11.6 Å². The second-order valence-corrected chi connectivity index (χ2v) is 15.9. The molecule has 18 heteroatoms. The van der Waals surface area contributed by atoms with Gasteiger partial charge >= 0.3 is 0 Å². The van der Waals surface area contributed by atoms with E-state index in [9.17, 15) is 30.4 Å². The molecule has 0 saturated carbocycles. The number of aliphatic imine (C=N–C) groups is 1. The van der Waals surface area contributed by atoms with Gasteiger partial charge in [-0.1, -0.05) is 6.58 Å². The zero-order chi connectivity index (χ0) is 34.2. The van der Waals surface area contributed by atoms with Crippen LogP contribution in [0.5, 0.6) is 0 Å². The zero-order valence-electron chi connectivity index (χ0n) is 26.1. The van der Waals surface area contributed by atoms with Crippen molar-refractivity contribution in [2.24, 2.45) is 10.7 Å². The van der Waals surface area contributed by atoms with E-state index < -0.39 is 48.5 Å². The number of hydrogen-bond acceptors (Lipinski definition) is 11. The molecule has 5 N–H and O–H groups in total. The van der Waals surface area contributed by atoms with Crippen molar-refractivity contribution >= 4 is 37.7 Å². The highest BCUT2D eigenvalue weighted by Gasteiger charge is 2.44. The van der Waals surface area contributed by atoms with E-state index in [-0.39, 0.29) is 47.1 Å². The topological polar surface area (TPSA) is 197 Å². The lowest BCUT2D eigenvalue weighted by molar-refractivity contribution is -0.131. The Morgan fingerprint density at radius 3 is 2.11 bits per heavy atom. The van der Waals surface area contributed by atoms with Gasteiger partial charge < -0.3 is 21.7 Å². The lowest BCUT2D eigenvalue weighted by Crippen LogP contribution is -2.56. The highest BCUT2D eigenvalue weighted by Crippen LogP contribution is 2.33. The first-order valence-corrected chi connectivity index (χ1v) is 17.6. The fraction of sp³-hybridized carbons (Fsp3) is 0.500. The Labute approximate surface area is 267 Å². The fourth-order valence-corrected chi connectivity index (χ4v) is 8.42. The molecule has 2 atom stereocenters. The third-order valence-corrected chi connectivity index (χ3v) is 12.0. The second-order valence-electron chi connectivity index (χ2n) is 11.9. The van der Waals surface area contributed by atoms with Crippen LogP contribution in [0.25, 0.3) is 0 Å². The summed E-state index contributed by atoms with van der Waals surface area (Å²) in [6.07, 6.45) is 3.11. The van der Waals surface area contributed by atoms with Gasteiger partial charge in [0, 0.05) is 27.2 Å². The van der Waals surface area contributed by atoms with Crippen LogP contribution in [0.2, 0.25) is 0 Å². The van der Waals surface area contributed by atoms with Crippen LogP contribution in [0.1, 0.15) is 50.2 Å². The van der Waals surface area contributed by atoms with Crippen molar-refractivity contribution in [2.45, 2.75) is 50.6 Å². The van der Waals surface area contributed by atoms with Gasteiger partial charge in [-0.25, -0.2) is 39.9 Å². The van der Waals surface area contributed by atoms with Crippen LogP contribution in [-0.4, -0.2) is 90.9 Å². The quantitative estimate of drug-likeness (QED) is 0.417. The van der Waals surface area contributed by atoms with Crippen LogP contribution in [0.3, 0.4) is 0 Å². The number of nitrogen functional groups attached to an aromatic ring is 1. The SMILES string of the molecule is C=C1N[C@](C)(c2nc(N)ccc2F)CS(=O)(=O)N1C.CN1C(N)=N[C@](C)(c2nc(CC(=O)N3CCCCC3)ccc2F)CS1(=O)=O. The number of carbonyl (C=O) groups excluding carboxylic acids is 1. The Bertz CT molecular complexity index is 1780. The maximum absolute atomic E-state index is 14.5. The minimum Gasteiger partial charge on any atom is -0.384 e. The summed E-state index contributed by atoms with van der Waals surface area (Å²) in [4.78, 5) is 26.6. The molecule has 0 bridgehead atoms. The predicted molar refractivity (Wildman–Crippen MR) is 169 cm³/mol. The minimum absolute atomic E-state index is 0.0367. The number of amides is 1. The Morgan fingerprint density at radius 1 is 0.913 bits per heavy atom. The largest absolute Gasteiger partial charge is 0.384 e. The number of likely N-dealkylation sites (tertiary alicyclic amines) is 1. The summed E-state index contributed by atoms with van der Waals surface area (Å²) in [5.41, 5.74) is 8.82. The highest BCUT2D eigenvalue weighted by molar-refractivity contribution is 7.89. The fourth-order valence-electron chi connectivity index (χ4n) is 5.47. The molecule has 2 aromatic rings. The summed E-state index contributed by atoms with van der Waals surface area (Å²) in [7, 11) is -4.63. The number of anilines is 1. The van der Waals surface area contributed by atoms with Gasteiger partial charge in [0.25, 0.3) is 0 Å². The number of guanidine groups is 1. The number of sulfonamides is 2. The van der Waals surface area contributed by atoms with Crippen LogP contribution in [-0.2, 0) is 42.3 Å². The molecule has 3 aliphatic heterocycles. The van der Waals surface area contributed by atoms with E-state index in [2.05, 4.69) is 26.9 Å². The van der Waals surface area contributed by atoms with Crippen molar-refractivity contribution in [3.8, 4) is 0 Å². The van der Waals surface area contributed by atoms with Crippen LogP contribution >= 0.6 is 0 Å². The molecule has 0 unspecified atom stereocenters. The number of rotatable bonds is 4. The maximum Gasteiger partial charge on any atom is 0.239 e. The van der Waals surface area contributed by atoms with Crippen molar-refractivity contribution in [3.05, 3.63) is 65.4 Å². The number of nitrogens with zero attached hydrogens (tertiary/aromatic N) is 6. The van der Waals surface area contributed by atoms with E-state index in [0.29, 0.717) is 5.69 Å². The summed E-state index contributed by atoms with van der Waals surface area (Å²) in [6, 6.07) is 5.13. The molecule has 14 nitrogen and oxygen atoms in total. The molecule has 0 aromatic carbocycles. The first-order chi connectivity index (χ1) is 21.3. The average Bonchev–Trinajstić information content (AvgIpc) is 2.97. The molecule has 0 aliphatic carbocycles. The van der Waals surface area contributed by atoms with Gasteiger partial charge in [-0.2, -0.15) is 0 Å². The normalized spacial score (nSPS) is 25.6. The van der Waals surface area contributed by atoms with Gasteiger partial charge in [-0.05, 0) is 57.4 Å². The van der Waals surface area contributed by atoms with Gasteiger partial charge in [0.1, 0.15) is 46.0 Å². The van der Waals surface area contributed by atoms with E-state index >= 15 is 0 Å². The smallest absolute Gasteiger partial charge is 0.239 e. The van der Waals surface area contributed by atoms with Gasteiger partial charge in [-0.15, -0.1) is 0 Å². The molecule has 3 aliphatic rings. The summed E-state index contributed by atoms with van der Waals surface area (Å²) >= 11 is 0. The van der Waals surface area contributed by atoms with Crippen molar-refractivity contribution < 1.29 is 30.4 Å². The van der Waals surface area contributed by atoms with Crippen molar-refractivity contribution in [2.75, 3.05) is 44.4 Å². The van der Waals surface area contributed by atoms with Crippen LogP contribution in [0.15, 0.2) is 41.7 Å². The number of nitrogens with one attached hydrogen (secondary N) is 1. The van der Waals surface area contributed by atoms with E-state index in [4.69, 9.17) is 11.5 Å². The monoisotopic (exact) mass is 683 g/mol. The summed E-state index contributed by atoms with van der Waals surface area (Å²) in [5.74, 6) is -2.07. The Balaban J connectivity index is 0.000000222. The van der Waals surface area contributed by atoms with Gasteiger partial charge in [0.2, 0.25) is 31.9 Å². The standard InChI is InChI=1S/C17H24FN5O3S.C11H15FN4O2S/c1-17(11-27(25,26)22(2)16(19)21-17)15-13(18)7-6-12(20-15)10-14(24)23-8-4-3-5-9-23;1-7-15-11(2,6-19(17,18)16(7)3)10-8(12)4-5-9(13)14-10/h6-7H,3-5,8-11H2,1-2H3,(H2,19,21);4-5,15H,1,6H2,2-3H3,(H2,13,14)/t17-;11-/m00/s1. The molecule has 5 heterocycles. The molecule has 1 amide bonds. The number of carbonyl (C=O) groups is 1. The Hall–Kier alpha value is -4.06. The number of nitrogens with two attached hydrogens (primary N) is 2. The molecule has 252 valence electrons. The molecular weight excluding hydrogens is 644 g/mol. The number of halogens is 2. The number of pyridine rings is 2. The number of piperidine rings is 1. The van der Waals surface area contributed by atoms with Crippen LogP contribution in [0.4, 0.5) is 14.6 Å². The molecule has 2 aromatic heterocycles. The minimum atomic E-state index is -3.74. The van der Waals surface area contributed by atoms with Gasteiger partial charge in [0.05, 0.1) is 23.4 Å². The van der Waals surface area contributed by atoms with Crippen molar-refractivity contribution in [3.63, 3.8) is 0 Å². The van der Waals surface area contributed by atoms with E-state index in [1.807, 2.05) is 0 Å². The molecule has 0 radical (unpaired) electrons. The molecule has 2 saturated heterocycles. The maximum atomic E-state index is 14.5. The molecule has 46 heavy (non-hydrogen) atoms. The summed E-state index contributed by atoms with van der Waals surface area (Å²) in [6.45, 7) is 8.08. The first-order valence-electron chi connectivity index (χ1n) is 14.4. The number of aromatic nitrogens is 2. The predicted octanol–water partition coefficient (Wildman–Crippen LogP) is 0.935. The lowest BCUT2D eigenvalue weighted by atomic mass is 9.98. The van der Waals surface area contributed by atoms with E-state index in [1.165, 1.54) is 39.2 Å². The van der Waals surface area contributed by atoms with E-state index in [0.717, 1.165) is 47.0 Å². The second kappa shape index (κ2) is 12.6. The van der Waals surface area contributed by atoms with Crippen molar-refractivity contribution in [1.82, 2.24) is 28.8 Å². The third-order valence-electron chi connectivity index (χ3n) is 8.10. The average molecular weight is 684 g/mol. The Morgan fingerprint density at radius 2 is 1.50 bits per heavy atom. The van der Waals surface area contributed by atoms with Gasteiger partial charge in [-0.3, -0.25) is 14.1 Å². The van der Waals surface area contributed by atoms with Crippen LogP contribution < -0.4 is 16.8 Å². The molecule has 2 fully saturated rings. The molecule has 0 spiro atoms. The highest BCUT2D eigenvalue weighted by atomic mass is 32.2.